The number of carboxylic acid groups (broad SMARTS) is 1. The number of aliphatic carboxylic acids is 1. The zero-order valence-corrected chi connectivity index (χ0v) is 12.1. The molecule has 3 N–H and O–H groups in total. The molecule has 0 aliphatic rings. The Hall–Kier alpha value is -2.27. The summed E-state index contributed by atoms with van der Waals surface area (Å²) in [5.74, 6) is -4.23. The molecule has 0 radical (unpaired) electrons. The van der Waals surface area contributed by atoms with Crippen molar-refractivity contribution in [2.45, 2.75) is 25.3 Å². The Labute approximate surface area is 127 Å². The smallest absolute Gasteiger partial charge is 0.305 e. The molecule has 0 heterocycles. The minimum Gasteiger partial charge on any atom is -0.481 e. The molecule has 0 bridgehead atoms. The quantitative estimate of drug-likeness (QED) is 0.887. The number of carbonyl (C=O) groups is 1. The first kappa shape index (κ1) is 16.1. The number of nitrogens with two attached hydrogens (primary N) is 1. The van der Waals surface area contributed by atoms with Crippen molar-refractivity contribution in [1.82, 2.24) is 0 Å². The molecule has 0 spiro atoms. The molecular formula is C17H17F2NO2. The van der Waals surface area contributed by atoms with E-state index in [1.54, 1.807) is 31.2 Å². The van der Waals surface area contributed by atoms with Crippen LogP contribution in [0.2, 0.25) is 0 Å². The molecule has 0 saturated heterocycles. The molecule has 22 heavy (non-hydrogen) atoms. The van der Waals surface area contributed by atoms with E-state index in [-0.39, 0.29) is 17.5 Å². The van der Waals surface area contributed by atoms with Gasteiger partial charge in [0.15, 0.2) is 0 Å². The minimum atomic E-state index is -3.16. The van der Waals surface area contributed by atoms with Crippen LogP contribution >= 0.6 is 0 Å². The van der Waals surface area contributed by atoms with Crippen LogP contribution < -0.4 is 5.73 Å². The third kappa shape index (κ3) is 3.31. The molecule has 2 aromatic carbocycles. The number of halogens is 2. The molecule has 0 saturated carbocycles. The van der Waals surface area contributed by atoms with Gasteiger partial charge in [-0.25, -0.2) is 0 Å². The highest BCUT2D eigenvalue weighted by molar-refractivity contribution is 5.67. The predicted molar refractivity (Wildman–Crippen MR) is 79.8 cm³/mol. The fraction of sp³-hybridized carbons (Fsp3) is 0.235. The van der Waals surface area contributed by atoms with Crippen molar-refractivity contribution in [2.24, 2.45) is 5.73 Å². The molecular weight excluding hydrogens is 288 g/mol. The number of carboxylic acids is 1. The summed E-state index contributed by atoms with van der Waals surface area (Å²) in [7, 11) is 0. The van der Waals surface area contributed by atoms with Crippen LogP contribution in [0.15, 0.2) is 48.5 Å². The molecule has 0 unspecified atom stereocenters. The van der Waals surface area contributed by atoms with Gasteiger partial charge in [0.05, 0.1) is 6.42 Å². The summed E-state index contributed by atoms with van der Waals surface area (Å²) >= 11 is 0. The molecule has 1 atom stereocenters. The van der Waals surface area contributed by atoms with E-state index in [0.717, 1.165) is 0 Å². The van der Waals surface area contributed by atoms with Gasteiger partial charge in [0.1, 0.15) is 0 Å². The zero-order chi connectivity index (χ0) is 16.3. The van der Waals surface area contributed by atoms with Crippen molar-refractivity contribution < 1.29 is 18.7 Å². The summed E-state index contributed by atoms with van der Waals surface area (Å²) in [5, 5.41) is 8.76. The van der Waals surface area contributed by atoms with Gasteiger partial charge in [0.25, 0.3) is 5.92 Å². The van der Waals surface area contributed by atoms with Crippen molar-refractivity contribution >= 4 is 5.97 Å². The van der Waals surface area contributed by atoms with Crippen LogP contribution in [0.1, 0.15) is 34.7 Å². The van der Waals surface area contributed by atoms with Crippen LogP contribution in [0.4, 0.5) is 8.78 Å². The van der Waals surface area contributed by atoms with Crippen LogP contribution in [0.5, 0.6) is 0 Å². The Balaban J connectivity index is 2.40. The Kier molecular flexibility index (Phi) is 4.56. The number of benzene rings is 2. The maximum absolute atomic E-state index is 14.7. The van der Waals surface area contributed by atoms with E-state index in [2.05, 4.69) is 0 Å². The first-order valence-electron chi connectivity index (χ1n) is 6.84. The summed E-state index contributed by atoms with van der Waals surface area (Å²) < 4.78 is 29.4. The Bertz CT molecular complexity index is 686. The largest absolute Gasteiger partial charge is 0.481 e. The highest BCUT2D eigenvalue weighted by Crippen LogP contribution is 2.38. The lowest BCUT2D eigenvalue weighted by Crippen LogP contribution is -2.19. The van der Waals surface area contributed by atoms with Crippen molar-refractivity contribution in [1.29, 1.82) is 0 Å². The molecule has 0 aromatic heterocycles. The summed E-state index contributed by atoms with van der Waals surface area (Å²) in [4.78, 5) is 10.7. The number of hydrogen-bond donors (Lipinski definition) is 2. The highest BCUT2D eigenvalue weighted by Gasteiger charge is 2.35. The average molecular weight is 305 g/mol. The monoisotopic (exact) mass is 305 g/mol. The van der Waals surface area contributed by atoms with Gasteiger partial charge >= 0.3 is 5.97 Å². The van der Waals surface area contributed by atoms with E-state index >= 15 is 0 Å². The van der Waals surface area contributed by atoms with Gasteiger partial charge in [0, 0.05) is 17.2 Å². The Morgan fingerprint density at radius 3 is 2.55 bits per heavy atom. The fourth-order valence-corrected chi connectivity index (χ4v) is 2.35. The molecule has 116 valence electrons. The fourth-order valence-electron chi connectivity index (χ4n) is 2.35. The molecule has 0 amide bonds. The van der Waals surface area contributed by atoms with Gasteiger partial charge in [-0.3, -0.25) is 4.79 Å². The summed E-state index contributed by atoms with van der Waals surface area (Å²) in [6, 6.07) is 11.1. The first-order valence-corrected chi connectivity index (χ1v) is 6.84. The summed E-state index contributed by atoms with van der Waals surface area (Å²) in [6.07, 6.45) is -0.306. The molecule has 0 aliphatic heterocycles. The normalized spacial score (nSPS) is 12.9. The molecule has 0 aliphatic carbocycles. The van der Waals surface area contributed by atoms with Crippen LogP contribution in [-0.4, -0.2) is 11.1 Å². The highest BCUT2D eigenvalue weighted by atomic mass is 19.3. The molecule has 2 rings (SSSR count). The Morgan fingerprint density at radius 1 is 1.23 bits per heavy atom. The molecule has 0 fully saturated rings. The lowest BCUT2D eigenvalue weighted by Gasteiger charge is -2.21. The van der Waals surface area contributed by atoms with Gasteiger partial charge in [-0.1, -0.05) is 42.5 Å². The predicted octanol–water partition coefficient (Wildman–Crippen LogP) is 3.61. The van der Waals surface area contributed by atoms with Crippen LogP contribution in [0.25, 0.3) is 0 Å². The number of aryl methyl sites for hydroxylation is 1. The average Bonchev–Trinajstić information content (AvgIpc) is 2.47. The Morgan fingerprint density at radius 2 is 1.91 bits per heavy atom. The van der Waals surface area contributed by atoms with E-state index in [1.165, 1.54) is 24.3 Å². The number of hydrogen-bond acceptors (Lipinski definition) is 2. The van der Waals surface area contributed by atoms with Gasteiger partial charge in [-0.2, -0.15) is 8.78 Å². The van der Waals surface area contributed by atoms with Crippen molar-refractivity contribution in [3.05, 3.63) is 70.8 Å². The maximum Gasteiger partial charge on any atom is 0.305 e. The third-order valence-corrected chi connectivity index (χ3v) is 3.56. The maximum atomic E-state index is 14.7. The molecule has 2 aromatic rings. The van der Waals surface area contributed by atoms with Gasteiger partial charge in [-0.05, 0) is 24.1 Å². The summed E-state index contributed by atoms with van der Waals surface area (Å²) in [6.45, 7) is 1.63. The van der Waals surface area contributed by atoms with E-state index < -0.39 is 17.9 Å². The second-order valence-corrected chi connectivity index (χ2v) is 5.22. The molecule has 3 nitrogen and oxygen atoms in total. The topological polar surface area (TPSA) is 63.3 Å². The van der Waals surface area contributed by atoms with Gasteiger partial charge < -0.3 is 10.8 Å². The minimum absolute atomic E-state index is 0.0704. The third-order valence-electron chi connectivity index (χ3n) is 3.56. The van der Waals surface area contributed by atoms with E-state index in [1.807, 2.05) is 0 Å². The van der Waals surface area contributed by atoms with Crippen LogP contribution in [0.3, 0.4) is 0 Å². The van der Waals surface area contributed by atoms with E-state index in [4.69, 9.17) is 10.8 Å². The van der Waals surface area contributed by atoms with E-state index in [0.29, 0.717) is 11.1 Å². The lowest BCUT2D eigenvalue weighted by atomic mass is 9.93. The summed E-state index contributed by atoms with van der Waals surface area (Å²) in [5.41, 5.74) is 6.36. The van der Waals surface area contributed by atoms with Gasteiger partial charge in [0.2, 0.25) is 0 Å². The van der Waals surface area contributed by atoms with E-state index in [9.17, 15) is 13.6 Å². The first-order chi connectivity index (χ1) is 10.3. The second kappa shape index (κ2) is 6.23. The van der Waals surface area contributed by atoms with Crippen molar-refractivity contribution in [2.75, 3.05) is 0 Å². The van der Waals surface area contributed by atoms with Crippen molar-refractivity contribution in [3.63, 3.8) is 0 Å². The number of alkyl halides is 2. The van der Waals surface area contributed by atoms with Crippen LogP contribution in [0, 0.1) is 6.92 Å². The zero-order valence-electron chi connectivity index (χ0n) is 12.1. The second-order valence-electron chi connectivity index (χ2n) is 5.22. The number of rotatable bonds is 5. The molecule has 5 heteroatoms. The SMILES string of the molecule is Cc1ccccc1C(F)(F)c1cccc([C@@H](N)CC(=O)O)c1. The standard InChI is InChI=1S/C17H17F2NO2/c1-11-5-2-3-8-14(11)17(18,19)13-7-4-6-12(9-13)15(20)10-16(21)22/h2-9,15H,10,20H2,1H3,(H,21,22)/t15-/m0/s1. The van der Waals surface area contributed by atoms with Gasteiger partial charge in [-0.15, -0.1) is 0 Å². The van der Waals surface area contributed by atoms with Crippen molar-refractivity contribution in [3.8, 4) is 0 Å². The van der Waals surface area contributed by atoms with Crippen LogP contribution in [-0.2, 0) is 10.7 Å². The lowest BCUT2D eigenvalue weighted by molar-refractivity contribution is -0.137.